The molecule has 0 bridgehead atoms. The molecule has 2 aromatic heterocycles. The number of amides is 1. The second-order valence-corrected chi connectivity index (χ2v) is 7.87. The third-order valence-electron chi connectivity index (χ3n) is 4.22. The molecule has 7 heteroatoms. The van der Waals surface area contributed by atoms with E-state index in [1.54, 1.807) is 24.5 Å². The molecule has 27 heavy (non-hydrogen) atoms. The lowest BCUT2D eigenvalue weighted by Crippen LogP contribution is -2.30. The SMILES string of the molecule is Cc1nnc(C(CC(=O)NC(CC(C)C)c2nccs2)c2ccccc2)o1. The van der Waals surface area contributed by atoms with Crippen molar-refractivity contribution in [2.45, 2.75) is 45.6 Å². The van der Waals surface area contributed by atoms with Crippen LogP contribution in [0.25, 0.3) is 0 Å². The van der Waals surface area contributed by atoms with Gasteiger partial charge in [-0.05, 0) is 17.9 Å². The Morgan fingerprint density at radius 3 is 2.59 bits per heavy atom. The van der Waals surface area contributed by atoms with Gasteiger partial charge in [-0.15, -0.1) is 21.5 Å². The molecular weight excluding hydrogens is 360 g/mol. The largest absolute Gasteiger partial charge is 0.425 e. The maximum Gasteiger partial charge on any atom is 0.224 e. The Bertz CT molecular complexity index is 846. The number of rotatable bonds is 8. The fraction of sp³-hybridized carbons (Fsp3) is 0.400. The molecule has 2 heterocycles. The Morgan fingerprint density at radius 1 is 1.22 bits per heavy atom. The molecule has 0 aliphatic rings. The molecule has 0 saturated carbocycles. The lowest BCUT2D eigenvalue weighted by atomic mass is 9.95. The number of aryl methyl sites for hydroxylation is 1. The molecule has 3 rings (SSSR count). The van der Waals surface area contributed by atoms with E-state index >= 15 is 0 Å². The molecule has 0 radical (unpaired) electrons. The van der Waals surface area contributed by atoms with Gasteiger partial charge >= 0.3 is 0 Å². The summed E-state index contributed by atoms with van der Waals surface area (Å²) in [6.45, 7) is 6.03. The van der Waals surface area contributed by atoms with Crippen LogP contribution in [0.1, 0.15) is 61.0 Å². The van der Waals surface area contributed by atoms with Crippen LogP contribution >= 0.6 is 11.3 Å². The number of carbonyl (C=O) groups excluding carboxylic acids is 1. The molecule has 1 amide bonds. The second kappa shape index (κ2) is 8.90. The van der Waals surface area contributed by atoms with Crippen molar-refractivity contribution in [3.63, 3.8) is 0 Å². The van der Waals surface area contributed by atoms with E-state index in [9.17, 15) is 4.79 Å². The van der Waals surface area contributed by atoms with Crippen molar-refractivity contribution < 1.29 is 9.21 Å². The molecule has 6 nitrogen and oxygen atoms in total. The summed E-state index contributed by atoms with van der Waals surface area (Å²) in [6.07, 6.45) is 2.86. The minimum atomic E-state index is -0.275. The van der Waals surface area contributed by atoms with Crippen molar-refractivity contribution in [1.82, 2.24) is 20.5 Å². The van der Waals surface area contributed by atoms with Crippen LogP contribution in [0.3, 0.4) is 0 Å². The number of thiazole rings is 1. The molecule has 1 aromatic carbocycles. The van der Waals surface area contributed by atoms with Gasteiger partial charge in [-0.3, -0.25) is 4.79 Å². The molecular formula is C20H24N4O2S. The molecule has 2 atom stereocenters. The van der Waals surface area contributed by atoms with Gasteiger partial charge in [0.05, 0.1) is 12.0 Å². The van der Waals surface area contributed by atoms with Crippen molar-refractivity contribution in [2.75, 3.05) is 0 Å². The van der Waals surface area contributed by atoms with E-state index in [2.05, 4.69) is 34.3 Å². The van der Waals surface area contributed by atoms with Gasteiger partial charge in [0, 0.05) is 24.9 Å². The number of nitrogens with one attached hydrogen (secondary N) is 1. The van der Waals surface area contributed by atoms with E-state index in [-0.39, 0.29) is 24.3 Å². The van der Waals surface area contributed by atoms with E-state index in [4.69, 9.17) is 4.42 Å². The fourth-order valence-corrected chi connectivity index (χ4v) is 3.73. The van der Waals surface area contributed by atoms with Gasteiger partial charge in [-0.2, -0.15) is 0 Å². The van der Waals surface area contributed by atoms with Crippen LogP contribution < -0.4 is 5.32 Å². The van der Waals surface area contributed by atoms with Gasteiger partial charge in [0.1, 0.15) is 5.01 Å². The molecule has 3 aromatic rings. The summed E-state index contributed by atoms with van der Waals surface area (Å²) < 4.78 is 5.63. The van der Waals surface area contributed by atoms with Crippen LogP contribution in [0.5, 0.6) is 0 Å². The van der Waals surface area contributed by atoms with Crippen LogP contribution in [0, 0.1) is 12.8 Å². The summed E-state index contributed by atoms with van der Waals surface area (Å²) in [7, 11) is 0. The Labute approximate surface area is 163 Å². The first-order valence-electron chi connectivity index (χ1n) is 9.06. The highest BCUT2D eigenvalue weighted by Gasteiger charge is 2.26. The number of hydrogen-bond donors (Lipinski definition) is 1. The minimum Gasteiger partial charge on any atom is -0.425 e. The van der Waals surface area contributed by atoms with Gasteiger partial charge in [0.2, 0.25) is 17.7 Å². The van der Waals surface area contributed by atoms with Crippen LogP contribution in [-0.2, 0) is 4.79 Å². The molecule has 0 saturated heterocycles. The quantitative estimate of drug-likeness (QED) is 0.627. The number of carbonyl (C=O) groups is 1. The second-order valence-electron chi connectivity index (χ2n) is 6.95. The maximum absolute atomic E-state index is 12.9. The molecule has 0 fully saturated rings. The number of aromatic nitrogens is 3. The number of benzene rings is 1. The number of nitrogens with zero attached hydrogens (tertiary/aromatic N) is 3. The summed E-state index contributed by atoms with van der Waals surface area (Å²) in [5, 5.41) is 14.1. The highest BCUT2D eigenvalue weighted by molar-refractivity contribution is 7.09. The third-order valence-corrected chi connectivity index (χ3v) is 5.11. The zero-order chi connectivity index (χ0) is 19.2. The molecule has 2 unspecified atom stereocenters. The average molecular weight is 385 g/mol. The van der Waals surface area contributed by atoms with Crippen molar-refractivity contribution in [3.05, 3.63) is 64.3 Å². The predicted molar refractivity (Wildman–Crippen MR) is 104 cm³/mol. The fourth-order valence-electron chi connectivity index (χ4n) is 3.02. The molecule has 1 N–H and O–H groups in total. The van der Waals surface area contributed by atoms with Gasteiger partial charge < -0.3 is 9.73 Å². The Balaban J connectivity index is 1.77. The summed E-state index contributed by atoms with van der Waals surface area (Å²) in [5.41, 5.74) is 0.978. The Kier molecular flexibility index (Phi) is 6.34. The standard InChI is InChI=1S/C20H24N4O2S/c1-13(2)11-17(20-21-9-10-27-20)22-18(25)12-16(15-7-5-4-6-8-15)19-24-23-14(3)26-19/h4-10,13,16-17H,11-12H2,1-3H3,(H,22,25). The van der Waals surface area contributed by atoms with Gasteiger partial charge in [-0.25, -0.2) is 4.98 Å². The lowest BCUT2D eigenvalue weighted by Gasteiger charge is -2.20. The third kappa shape index (κ3) is 5.23. The van der Waals surface area contributed by atoms with Crippen LogP contribution in [0.2, 0.25) is 0 Å². The average Bonchev–Trinajstić information content (AvgIpc) is 3.31. The van der Waals surface area contributed by atoms with Crippen LogP contribution in [0.15, 0.2) is 46.3 Å². The van der Waals surface area contributed by atoms with Crippen LogP contribution in [0.4, 0.5) is 0 Å². The van der Waals surface area contributed by atoms with E-state index in [1.165, 1.54) is 0 Å². The minimum absolute atomic E-state index is 0.0550. The van der Waals surface area contributed by atoms with E-state index in [1.807, 2.05) is 35.7 Å². The van der Waals surface area contributed by atoms with Crippen molar-refractivity contribution in [2.24, 2.45) is 5.92 Å². The Morgan fingerprint density at radius 2 is 2.00 bits per heavy atom. The Hall–Kier alpha value is -2.54. The first-order valence-corrected chi connectivity index (χ1v) is 9.94. The highest BCUT2D eigenvalue weighted by Crippen LogP contribution is 2.28. The molecule has 142 valence electrons. The molecule has 0 aliphatic carbocycles. The topological polar surface area (TPSA) is 80.9 Å². The smallest absolute Gasteiger partial charge is 0.224 e. The van der Waals surface area contributed by atoms with E-state index in [0.717, 1.165) is 17.0 Å². The lowest BCUT2D eigenvalue weighted by molar-refractivity contribution is -0.122. The summed E-state index contributed by atoms with van der Waals surface area (Å²) in [4.78, 5) is 17.3. The first kappa shape index (κ1) is 19.2. The van der Waals surface area contributed by atoms with Crippen molar-refractivity contribution in [1.29, 1.82) is 0 Å². The highest BCUT2D eigenvalue weighted by atomic mass is 32.1. The maximum atomic E-state index is 12.9. The van der Waals surface area contributed by atoms with E-state index < -0.39 is 0 Å². The van der Waals surface area contributed by atoms with Gasteiger partial charge in [-0.1, -0.05) is 44.2 Å². The molecule has 0 aliphatic heterocycles. The summed E-state index contributed by atoms with van der Waals surface area (Å²) in [6, 6.07) is 9.70. The zero-order valence-corrected chi connectivity index (χ0v) is 16.6. The van der Waals surface area contributed by atoms with Gasteiger partial charge in [0.15, 0.2) is 0 Å². The monoisotopic (exact) mass is 384 g/mol. The van der Waals surface area contributed by atoms with E-state index in [0.29, 0.717) is 17.7 Å². The van der Waals surface area contributed by atoms with Crippen LogP contribution in [-0.4, -0.2) is 21.1 Å². The summed E-state index contributed by atoms with van der Waals surface area (Å²) >= 11 is 1.56. The van der Waals surface area contributed by atoms with Gasteiger partial charge in [0.25, 0.3) is 0 Å². The normalized spacial score (nSPS) is 13.5. The van der Waals surface area contributed by atoms with Crippen molar-refractivity contribution in [3.8, 4) is 0 Å². The predicted octanol–water partition coefficient (Wildman–Crippen LogP) is 4.26. The summed E-state index contributed by atoms with van der Waals surface area (Å²) in [5.74, 6) is 1.07. The first-order chi connectivity index (χ1) is 13.0. The number of hydrogen-bond acceptors (Lipinski definition) is 6. The molecule has 0 spiro atoms. The van der Waals surface area contributed by atoms with Crippen molar-refractivity contribution >= 4 is 17.2 Å². The zero-order valence-electron chi connectivity index (χ0n) is 15.8.